The molecule has 6 nitrogen and oxygen atoms in total. The van der Waals surface area contributed by atoms with E-state index in [1.54, 1.807) is 6.92 Å². The lowest BCUT2D eigenvalue weighted by molar-refractivity contribution is -0.154. The van der Waals surface area contributed by atoms with Crippen molar-refractivity contribution in [1.82, 2.24) is 14.7 Å². The molecule has 1 aromatic carbocycles. The molecular formula is C28H36F3N3O3. The predicted octanol–water partition coefficient (Wildman–Crippen LogP) is 5.21. The van der Waals surface area contributed by atoms with Crippen LogP contribution >= 0.6 is 0 Å². The Morgan fingerprint density at radius 3 is 2.24 bits per heavy atom. The molecule has 0 radical (unpaired) electrons. The van der Waals surface area contributed by atoms with Gasteiger partial charge in [0.2, 0.25) is 17.6 Å². The monoisotopic (exact) mass is 519 g/mol. The zero-order chi connectivity index (χ0) is 26.7. The Hall–Kier alpha value is -2.81. The number of piperazine rings is 1. The number of nitrogens with zero attached hydrogens (tertiary/aromatic N) is 3. The third kappa shape index (κ3) is 6.37. The first-order chi connectivity index (χ1) is 17.5. The third-order valence-electron chi connectivity index (χ3n) is 7.72. The number of benzene rings is 1. The van der Waals surface area contributed by atoms with Crippen LogP contribution in [0.3, 0.4) is 0 Å². The van der Waals surface area contributed by atoms with E-state index in [0.29, 0.717) is 39.1 Å². The van der Waals surface area contributed by atoms with Gasteiger partial charge in [0, 0.05) is 52.1 Å². The lowest BCUT2D eigenvalue weighted by atomic mass is 9.91. The molecule has 37 heavy (non-hydrogen) atoms. The molecule has 9 heteroatoms. The maximum atomic E-state index is 13.4. The van der Waals surface area contributed by atoms with Gasteiger partial charge in [-0.3, -0.25) is 14.5 Å². The maximum absolute atomic E-state index is 13.4. The number of rotatable bonds is 6. The molecule has 0 N–H and O–H groups in total. The van der Waals surface area contributed by atoms with Crippen molar-refractivity contribution in [2.45, 2.75) is 58.3 Å². The Morgan fingerprint density at radius 2 is 1.68 bits per heavy atom. The van der Waals surface area contributed by atoms with E-state index in [4.69, 9.17) is 4.42 Å². The van der Waals surface area contributed by atoms with Crippen LogP contribution in [0.2, 0.25) is 0 Å². The predicted molar refractivity (Wildman–Crippen MR) is 134 cm³/mol. The molecule has 2 aromatic rings. The van der Waals surface area contributed by atoms with Crippen molar-refractivity contribution < 1.29 is 27.2 Å². The largest absolute Gasteiger partial charge is 0.454 e. The summed E-state index contributed by atoms with van der Waals surface area (Å²) in [5.74, 6) is -0.132. The van der Waals surface area contributed by atoms with E-state index < -0.39 is 18.0 Å². The number of amides is 2. The molecule has 202 valence electrons. The highest BCUT2D eigenvalue weighted by atomic mass is 19.4. The Morgan fingerprint density at radius 1 is 1.00 bits per heavy atom. The summed E-state index contributed by atoms with van der Waals surface area (Å²) in [6.45, 7) is 8.68. The first-order valence-corrected chi connectivity index (χ1v) is 13.1. The molecule has 2 fully saturated rings. The summed E-state index contributed by atoms with van der Waals surface area (Å²) in [7, 11) is 0. The second-order valence-corrected chi connectivity index (χ2v) is 10.6. The van der Waals surface area contributed by atoms with Gasteiger partial charge in [-0.1, -0.05) is 44.2 Å². The summed E-state index contributed by atoms with van der Waals surface area (Å²) in [5, 5.41) is 0. The van der Waals surface area contributed by atoms with E-state index in [9.17, 15) is 22.8 Å². The van der Waals surface area contributed by atoms with E-state index in [0.717, 1.165) is 24.5 Å². The molecule has 2 amide bonds. The Balaban J connectivity index is 1.50. The summed E-state index contributed by atoms with van der Waals surface area (Å²) in [6, 6.07) is 11.3. The van der Waals surface area contributed by atoms with Gasteiger partial charge in [0.05, 0.1) is 6.04 Å². The van der Waals surface area contributed by atoms with Crippen LogP contribution < -0.4 is 0 Å². The molecule has 4 rings (SSSR count). The standard InChI is InChI=1S/C28H36F3N3O3/c1-19(2)23-18-33(15-16-34(23)26(36)17-21-11-13-32(14-12-21)20(3)35)27(22-7-5-4-6-8-22)24-9-10-25(37-24)28(29,30)31/h4-10,19,21,23,27H,11-18H2,1-3H3/t23-,27?/m1/s1. The van der Waals surface area contributed by atoms with Gasteiger partial charge in [-0.15, -0.1) is 0 Å². The molecule has 2 saturated heterocycles. The third-order valence-corrected chi connectivity index (χ3v) is 7.72. The molecule has 0 spiro atoms. The van der Waals surface area contributed by atoms with Crippen LogP contribution in [0.15, 0.2) is 46.9 Å². The van der Waals surface area contributed by atoms with Gasteiger partial charge in [0.25, 0.3) is 0 Å². The van der Waals surface area contributed by atoms with Gasteiger partial charge in [-0.05, 0) is 42.4 Å². The first-order valence-electron chi connectivity index (χ1n) is 13.1. The van der Waals surface area contributed by atoms with Crippen LogP contribution in [0.4, 0.5) is 13.2 Å². The SMILES string of the molecule is CC(=O)N1CCC(CC(=O)N2CCN(C(c3ccccc3)c3ccc(C(F)(F)F)o3)C[C@@H]2C(C)C)CC1. The smallest absolute Gasteiger partial charge is 0.449 e. The number of furan rings is 1. The molecule has 0 bridgehead atoms. The summed E-state index contributed by atoms with van der Waals surface area (Å²) in [4.78, 5) is 31.0. The topological polar surface area (TPSA) is 57.0 Å². The van der Waals surface area contributed by atoms with E-state index in [1.807, 2.05) is 40.1 Å². The van der Waals surface area contributed by atoms with Crippen molar-refractivity contribution >= 4 is 11.8 Å². The van der Waals surface area contributed by atoms with Crippen LogP contribution in [0.5, 0.6) is 0 Å². The minimum absolute atomic E-state index is 0.0678. The minimum Gasteiger partial charge on any atom is -0.454 e. The number of hydrogen-bond donors (Lipinski definition) is 0. The van der Waals surface area contributed by atoms with Crippen molar-refractivity contribution in [2.24, 2.45) is 11.8 Å². The molecule has 2 aliphatic rings. The molecule has 0 aliphatic carbocycles. The second-order valence-electron chi connectivity index (χ2n) is 10.6. The number of carbonyl (C=O) groups excluding carboxylic acids is 2. The summed E-state index contributed by atoms with van der Waals surface area (Å²) in [5.41, 5.74) is 0.852. The van der Waals surface area contributed by atoms with Crippen LogP contribution in [-0.4, -0.2) is 65.3 Å². The highest BCUT2D eigenvalue weighted by Crippen LogP contribution is 2.37. The molecule has 1 aromatic heterocycles. The Kier molecular flexibility index (Phi) is 8.31. The Bertz CT molecular complexity index is 1060. The first kappa shape index (κ1) is 27.2. The summed E-state index contributed by atoms with van der Waals surface area (Å²) >= 11 is 0. The molecule has 2 aliphatic heterocycles. The number of likely N-dealkylation sites (tertiary alicyclic amines) is 1. The molecule has 0 saturated carbocycles. The van der Waals surface area contributed by atoms with Gasteiger partial charge < -0.3 is 14.2 Å². The average Bonchev–Trinajstić information content (AvgIpc) is 3.35. The van der Waals surface area contributed by atoms with Gasteiger partial charge in [0.1, 0.15) is 5.76 Å². The van der Waals surface area contributed by atoms with Crippen LogP contribution in [-0.2, 0) is 15.8 Å². The Labute approximate surface area is 216 Å². The lowest BCUT2D eigenvalue weighted by Crippen LogP contribution is -2.58. The average molecular weight is 520 g/mol. The number of alkyl halides is 3. The summed E-state index contributed by atoms with van der Waals surface area (Å²) < 4.78 is 45.2. The minimum atomic E-state index is -4.55. The number of hydrogen-bond acceptors (Lipinski definition) is 4. The number of halogens is 3. The highest BCUT2D eigenvalue weighted by molar-refractivity contribution is 5.77. The molecule has 1 unspecified atom stereocenters. The maximum Gasteiger partial charge on any atom is 0.449 e. The van der Waals surface area contributed by atoms with Crippen molar-refractivity contribution in [1.29, 1.82) is 0 Å². The zero-order valence-electron chi connectivity index (χ0n) is 21.7. The molecular weight excluding hydrogens is 483 g/mol. The number of piperidine rings is 1. The van der Waals surface area contributed by atoms with Gasteiger partial charge >= 0.3 is 6.18 Å². The van der Waals surface area contributed by atoms with Gasteiger partial charge in [0.15, 0.2) is 0 Å². The van der Waals surface area contributed by atoms with Crippen molar-refractivity contribution in [3.8, 4) is 0 Å². The fourth-order valence-electron chi connectivity index (χ4n) is 5.61. The molecule has 2 atom stereocenters. The zero-order valence-corrected chi connectivity index (χ0v) is 21.7. The van der Waals surface area contributed by atoms with Crippen LogP contribution in [0.1, 0.15) is 63.2 Å². The van der Waals surface area contributed by atoms with Crippen molar-refractivity contribution in [3.63, 3.8) is 0 Å². The van der Waals surface area contributed by atoms with Crippen LogP contribution in [0.25, 0.3) is 0 Å². The van der Waals surface area contributed by atoms with E-state index >= 15 is 0 Å². The fraction of sp³-hybridized carbons (Fsp3) is 0.571. The molecule has 3 heterocycles. The van der Waals surface area contributed by atoms with E-state index in [-0.39, 0.29) is 35.5 Å². The van der Waals surface area contributed by atoms with Crippen molar-refractivity contribution in [3.05, 3.63) is 59.5 Å². The highest BCUT2D eigenvalue weighted by Gasteiger charge is 2.40. The summed E-state index contributed by atoms with van der Waals surface area (Å²) in [6.07, 6.45) is -2.43. The normalized spacial score (nSPS) is 20.9. The van der Waals surface area contributed by atoms with Gasteiger partial charge in [-0.25, -0.2) is 0 Å². The van der Waals surface area contributed by atoms with E-state index in [1.165, 1.54) is 6.07 Å². The number of carbonyl (C=O) groups is 2. The van der Waals surface area contributed by atoms with Crippen molar-refractivity contribution in [2.75, 3.05) is 32.7 Å². The quantitative estimate of drug-likeness (QED) is 0.526. The lowest BCUT2D eigenvalue weighted by Gasteiger charge is -2.46. The van der Waals surface area contributed by atoms with E-state index in [2.05, 4.69) is 18.7 Å². The van der Waals surface area contributed by atoms with Gasteiger partial charge in [-0.2, -0.15) is 13.2 Å². The fourth-order valence-corrected chi connectivity index (χ4v) is 5.61. The van der Waals surface area contributed by atoms with Crippen LogP contribution in [0, 0.1) is 11.8 Å². The second kappa shape index (κ2) is 11.3.